The van der Waals surface area contributed by atoms with Crippen LogP contribution in [0.2, 0.25) is 5.02 Å². The second-order valence-corrected chi connectivity index (χ2v) is 5.83. The summed E-state index contributed by atoms with van der Waals surface area (Å²) in [6.07, 6.45) is 0.256. The number of halogens is 2. The molecule has 0 atom stereocenters. The van der Waals surface area contributed by atoms with Crippen LogP contribution in [0.3, 0.4) is 0 Å². The Balaban J connectivity index is 2.32. The zero-order valence-corrected chi connectivity index (χ0v) is 13.6. The van der Waals surface area contributed by atoms with Gasteiger partial charge in [-0.2, -0.15) is 0 Å². The molecule has 0 amide bonds. The Morgan fingerprint density at radius 3 is 2.70 bits per heavy atom. The number of carbonyl (C=O) groups excluding carboxylic acids is 1. The Hall–Kier alpha value is -1.32. The largest absolute Gasteiger partial charge is 0.496 e. The van der Waals surface area contributed by atoms with E-state index >= 15 is 0 Å². The lowest BCUT2D eigenvalue weighted by molar-refractivity contribution is 0.0991. The molecule has 0 saturated carbocycles. The summed E-state index contributed by atoms with van der Waals surface area (Å²) < 4.78 is 6.07. The standard InChI is InChI=1S/C16H14BrClO2/c1-10-3-5-14(17)13(7-10)15(19)9-11-8-12(18)4-6-16(11)20-2/h3-8H,9H2,1-2H3. The van der Waals surface area contributed by atoms with Gasteiger partial charge >= 0.3 is 0 Å². The summed E-state index contributed by atoms with van der Waals surface area (Å²) >= 11 is 9.40. The van der Waals surface area contributed by atoms with Gasteiger partial charge in [0, 0.05) is 27.0 Å². The quantitative estimate of drug-likeness (QED) is 0.735. The van der Waals surface area contributed by atoms with E-state index in [2.05, 4.69) is 15.9 Å². The molecule has 0 aliphatic carbocycles. The van der Waals surface area contributed by atoms with E-state index in [1.54, 1.807) is 25.3 Å². The number of hydrogen-bond acceptors (Lipinski definition) is 2. The van der Waals surface area contributed by atoms with Crippen molar-refractivity contribution in [2.24, 2.45) is 0 Å². The summed E-state index contributed by atoms with van der Waals surface area (Å²) in [5, 5.41) is 0.594. The molecule has 0 radical (unpaired) electrons. The number of benzene rings is 2. The number of aryl methyl sites for hydroxylation is 1. The molecule has 0 heterocycles. The number of ether oxygens (including phenoxy) is 1. The van der Waals surface area contributed by atoms with Gasteiger partial charge < -0.3 is 4.74 Å². The first-order chi connectivity index (χ1) is 9.51. The van der Waals surface area contributed by atoms with Crippen LogP contribution in [0, 0.1) is 6.92 Å². The Bertz CT molecular complexity index is 653. The van der Waals surface area contributed by atoms with Crippen LogP contribution >= 0.6 is 27.5 Å². The summed E-state index contributed by atoms with van der Waals surface area (Å²) in [5.74, 6) is 0.702. The van der Waals surface area contributed by atoms with Crippen molar-refractivity contribution in [2.45, 2.75) is 13.3 Å². The number of methoxy groups -OCH3 is 1. The summed E-state index contributed by atoms with van der Waals surface area (Å²) in [4.78, 5) is 12.4. The van der Waals surface area contributed by atoms with Crippen LogP contribution in [-0.4, -0.2) is 12.9 Å². The lowest BCUT2D eigenvalue weighted by atomic mass is 10.0. The lowest BCUT2D eigenvalue weighted by Gasteiger charge is -2.09. The molecular weight excluding hydrogens is 340 g/mol. The van der Waals surface area contributed by atoms with Gasteiger partial charge in [0.1, 0.15) is 5.75 Å². The zero-order chi connectivity index (χ0) is 14.7. The Kier molecular flexibility index (Phi) is 4.84. The summed E-state index contributed by atoms with van der Waals surface area (Å²) in [6.45, 7) is 1.96. The number of Topliss-reactive ketones (excluding diaryl/α,β-unsaturated/α-hetero) is 1. The minimum Gasteiger partial charge on any atom is -0.496 e. The monoisotopic (exact) mass is 352 g/mol. The minimum atomic E-state index is 0.0288. The summed E-state index contributed by atoms with van der Waals surface area (Å²) in [7, 11) is 1.58. The van der Waals surface area contributed by atoms with E-state index < -0.39 is 0 Å². The molecule has 0 aromatic heterocycles. The number of rotatable bonds is 4. The molecule has 0 aliphatic heterocycles. The first kappa shape index (κ1) is 15.1. The van der Waals surface area contributed by atoms with Gasteiger partial charge in [0.25, 0.3) is 0 Å². The molecule has 0 unspecified atom stereocenters. The fourth-order valence-corrected chi connectivity index (χ4v) is 2.67. The molecule has 2 aromatic rings. The fourth-order valence-electron chi connectivity index (χ4n) is 2.01. The van der Waals surface area contributed by atoms with Crippen LogP contribution < -0.4 is 4.74 Å². The minimum absolute atomic E-state index is 0.0288. The molecule has 4 heteroatoms. The maximum Gasteiger partial charge on any atom is 0.168 e. The molecule has 2 nitrogen and oxygen atoms in total. The van der Waals surface area contributed by atoms with Gasteiger partial charge in [0.2, 0.25) is 0 Å². The highest BCUT2D eigenvalue weighted by Crippen LogP contribution is 2.26. The van der Waals surface area contributed by atoms with Gasteiger partial charge in [-0.3, -0.25) is 4.79 Å². The van der Waals surface area contributed by atoms with E-state index in [1.165, 1.54) is 0 Å². The topological polar surface area (TPSA) is 26.3 Å². The first-order valence-electron chi connectivity index (χ1n) is 6.13. The fraction of sp³-hybridized carbons (Fsp3) is 0.188. The molecule has 2 rings (SSSR count). The van der Waals surface area contributed by atoms with E-state index in [1.807, 2.05) is 25.1 Å². The average Bonchev–Trinajstić information content (AvgIpc) is 2.41. The van der Waals surface area contributed by atoms with E-state index in [0.29, 0.717) is 16.3 Å². The van der Waals surface area contributed by atoms with Crippen LogP contribution in [0.1, 0.15) is 21.5 Å². The van der Waals surface area contributed by atoms with Crippen molar-refractivity contribution in [1.29, 1.82) is 0 Å². The predicted molar refractivity (Wildman–Crippen MR) is 84.9 cm³/mol. The molecule has 2 aromatic carbocycles. The highest BCUT2D eigenvalue weighted by molar-refractivity contribution is 9.10. The van der Waals surface area contributed by atoms with Crippen LogP contribution in [0.5, 0.6) is 5.75 Å². The second-order valence-electron chi connectivity index (χ2n) is 4.54. The molecule has 20 heavy (non-hydrogen) atoms. The van der Waals surface area contributed by atoms with Gasteiger partial charge in [0.15, 0.2) is 5.78 Å². The highest BCUT2D eigenvalue weighted by atomic mass is 79.9. The average molecular weight is 354 g/mol. The van der Waals surface area contributed by atoms with Gasteiger partial charge in [0.05, 0.1) is 7.11 Å². The van der Waals surface area contributed by atoms with Crippen molar-refractivity contribution in [1.82, 2.24) is 0 Å². The molecule has 0 bridgehead atoms. The van der Waals surface area contributed by atoms with Gasteiger partial charge in [-0.05, 0) is 37.3 Å². The van der Waals surface area contributed by atoms with Gasteiger partial charge in [-0.1, -0.05) is 39.2 Å². The molecule has 0 aliphatic rings. The third-order valence-corrected chi connectivity index (χ3v) is 3.94. The Morgan fingerprint density at radius 2 is 2.00 bits per heavy atom. The van der Waals surface area contributed by atoms with E-state index in [4.69, 9.17) is 16.3 Å². The maximum atomic E-state index is 12.4. The highest BCUT2D eigenvalue weighted by Gasteiger charge is 2.14. The van der Waals surface area contributed by atoms with Gasteiger partial charge in [-0.25, -0.2) is 0 Å². The number of carbonyl (C=O) groups is 1. The normalized spacial score (nSPS) is 10.4. The van der Waals surface area contributed by atoms with Crippen molar-refractivity contribution in [3.63, 3.8) is 0 Å². The summed E-state index contributed by atoms with van der Waals surface area (Å²) in [5.41, 5.74) is 2.51. The van der Waals surface area contributed by atoms with Crippen LogP contribution in [0.15, 0.2) is 40.9 Å². The van der Waals surface area contributed by atoms with Crippen molar-refractivity contribution in [3.8, 4) is 5.75 Å². The first-order valence-corrected chi connectivity index (χ1v) is 7.30. The van der Waals surface area contributed by atoms with Gasteiger partial charge in [-0.15, -0.1) is 0 Å². The van der Waals surface area contributed by atoms with Crippen LogP contribution in [-0.2, 0) is 6.42 Å². The van der Waals surface area contributed by atoms with E-state index in [0.717, 1.165) is 15.6 Å². The molecular formula is C16H14BrClO2. The van der Waals surface area contributed by atoms with E-state index in [-0.39, 0.29) is 12.2 Å². The Morgan fingerprint density at radius 1 is 1.25 bits per heavy atom. The van der Waals surface area contributed by atoms with E-state index in [9.17, 15) is 4.79 Å². The second kappa shape index (κ2) is 6.42. The van der Waals surface area contributed by atoms with Crippen LogP contribution in [0.25, 0.3) is 0 Å². The Labute approximate surface area is 131 Å². The third-order valence-electron chi connectivity index (χ3n) is 3.02. The zero-order valence-electron chi connectivity index (χ0n) is 11.2. The van der Waals surface area contributed by atoms with Crippen molar-refractivity contribution >= 4 is 33.3 Å². The third kappa shape index (κ3) is 3.41. The molecule has 0 N–H and O–H groups in total. The molecule has 0 saturated heterocycles. The predicted octanol–water partition coefficient (Wildman–Crippen LogP) is 4.84. The smallest absolute Gasteiger partial charge is 0.168 e. The number of ketones is 1. The van der Waals surface area contributed by atoms with Crippen molar-refractivity contribution in [3.05, 3.63) is 62.6 Å². The molecule has 0 spiro atoms. The van der Waals surface area contributed by atoms with Crippen molar-refractivity contribution in [2.75, 3.05) is 7.11 Å². The molecule has 0 fully saturated rings. The SMILES string of the molecule is COc1ccc(Cl)cc1CC(=O)c1cc(C)ccc1Br. The van der Waals surface area contributed by atoms with Crippen molar-refractivity contribution < 1.29 is 9.53 Å². The van der Waals surface area contributed by atoms with Crippen LogP contribution in [0.4, 0.5) is 0 Å². The summed E-state index contributed by atoms with van der Waals surface area (Å²) in [6, 6.07) is 11.0. The lowest BCUT2D eigenvalue weighted by Crippen LogP contribution is -2.06. The molecule has 104 valence electrons. The number of hydrogen-bond donors (Lipinski definition) is 0. The maximum absolute atomic E-state index is 12.4.